The molecule has 0 unspecified atom stereocenters. The molecule has 0 aromatic carbocycles. The summed E-state index contributed by atoms with van der Waals surface area (Å²) < 4.78 is 4.20. The predicted octanol–water partition coefficient (Wildman–Crippen LogP) is 1.64. The summed E-state index contributed by atoms with van der Waals surface area (Å²) in [5.41, 5.74) is 0.943. The lowest BCUT2D eigenvalue weighted by Gasteiger charge is -2.26. The molecule has 8 nitrogen and oxygen atoms in total. The number of hydrogen-bond acceptors (Lipinski definition) is 6. The van der Waals surface area contributed by atoms with E-state index in [-0.39, 0.29) is 0 Å². The maximum absolute atomic E-state index is 4.79. The van der Waals surface area contributed by atoms with Gasteiger partial charge in [0.2, 0.25) is 0 Å². The van der Waals surface area contributed by atoms with Gasteiger partial charge >= 0.3 is 0 Å². The number of pyridine rings is 1. The van der Waals surface area contributed by atoms with Crippen LogP contribution in [-0.2, 0) is 26.2 Å². The van der Waals surface area contributed by atoms with Gasteiger partial charge in [-0.3, -0.25) is 4.90 Å². The fraction of sp³-hybridized carbons (Fsp3) is 0.444. The van der Waals surface area contributed by atoms with Gasteiger partial charge in [-0.15, -0.1) is 0 Å². The molecular formula is C18H24N8. The molecule has 1 aliphatic heterocycles. The van der Waals surface area contributed by atoms with Crippen molar-refractivity contribution in [2.75, 3.05) is 25.5 Å². The smallest absolute Gasteiger partial charge is 0.182 e. The van der Waals surface area contributed by atoms with E-state index >= 15 is 0 Å². The first-order valence-corrected chi connectivity index (χ1v) is 8.94. The van der Waals surface area contributed by atoms with Crippen molar-refractivity contribution in [3.63, 3.8) is 0 Å². The standard InChI is InChI=1S/C18H24N8/c1-4-26-17(13-24-9-10-25-8-7-19-16(25)12-24)21-18(22-26)14-5-6-15(20-11-14)23(2)3/h5-8,11H,4,9-10,12-13H2,1-3H3. The Kier molecular flexibility index (Phi) is 4.42. The monoisotopic (exact) mass is 352 g/mol. The molecule has 3 aromatic rings. The number of imidazole rings is 1. The predicted molar refractivity (Wildman–Crippen MR) is 99.6 cm³/mol. The van der Waals surface area contributed by atoms with Crippen molar-refractivity contribution in [1.29, 1.82) is 0 Å². The molecule has 8 heteroatoms. The highest BCUT2D eigenvalue weighted by molar-refractivity contribution is 5.55. The van der Waals surface area contributed by atoms with E-state index in [2.05, 4.69) is 31.5 Å². The van der Waals surface area contributed by atoms with Gasteiger partial charge in [0.05, 0.1) is 13.1 Å². The van der Waals surface area contributed by atoms with Crippen molar-refractivity contribution in [3.8, 4) is 11.4 Å². The van der Waals surface area contributed by atoms with E-state index < -0.39 is 0 Å². The summed E-state index contributed by atoms with van der Waals surface area (Å²) in [6.45, 7) is 6.48. The Labute approximate surface area is 153 Å². The summed E-state index contributed by atoms with van der Waals surface area (Å²) >= 11 is 0. The molecule has 0 atom stereocenters. The number of aryl methyl sites for hydroxylation is 1. The summed E-state index contributed by atoms with van der Waals surface area (Å²) in [5, 5.41) is 4.68. The second-order valence-electron chi connectivity index (χ2n) is 6.71. The first-order valence-electron chi connectivity index (χ1n) is 8.94. The van der Waals surface area contributed by atoms with Crippen molar-refractivity contribution in [2.24, 2.45) is 0 Å². The number of nitrogens with zero attached hydrogens (tertiary/aromatic N) is 8. The Morgan fingerprint density at radius 2 is 2.04 bits per heavy atom. The number of anilines is 1. The van der Waals surface area contributed by atoms with E-state index in [4.69, 9.17) is 4.98 Å². The van der Waals surface area contributed by atoms with E-state index in [9.17, 15) is 0 Å². The quantitative estimate of drug-likeness (QED) is 0.695. The fourth-order valence-corrected chi connectivity index (χ4v) is 3.21. The molecule has 0 radical (unpaired) electrons. The van der Waals surface area contributed by atoms with Crippen LogP contribution in [0.5, 0.6) is 0 Å². The number of rotatable bonds is 5. The second kappa shape index (κ2) is 6.87. The third-order valence-electron chi connectivity index (χ3n) is 4.70. The van der Waals surface area contributed by atoms with E-state index in [0.29, 0.717) is 0 Å². The largest absolute Gasteiger partial charge is 0.363 e. The van der Waals surface area contributed by atoms with Crippen molar-refractivity contribution >= 4 is 5.82 Å². The van der Waals surface area contributed by atoms with Gasteiger partial charge in [-0.05, 0) is 19.1 Å². The Bertz CT molecular complexity index is 877. The summed E-state index contributed by atoms with van der Waals surface area (Å²) in [6.07, 6.45) is 5.76. The van der Waals surface area contributed by atoms with Crippen molar-refractivity contribution in [3.05, 3.63) is 42.4 Å². The average molecular weight is 352 g/mol. The topological polar surface area (TPSA) is 67.9 Å². The van der Waals surface area contributed by atoms with Crippen LogP contribution >= 0.6 is 0 Å². The van der Waals surface area contributed by atoms with Gasteiger partial charge in [-0.1, -0.05) is 0 Å². The van der Waals surface area contributed by atoms with Crippen LogP contribution in [-0.4, -0.2) is 54.8 Å². The van der Waals surface area contributed by atoms with Crippen LogP contribution in [0.1, 0.15) is 18.6 Å². The molecule has 0 saturated carbocycles. The molecule has 136 valence electrons. The molecule has 0 bridgehead atoms. The molecule has 26 heavy (non-hydrogen) atoms. The molecule has 0 saturated heterocycles. The van der Waals surface area contributed by atoms with Crippen LogP contribution < -0.4 is 4.90 Å². The zero-order valence-electron chi connectivity index (χ0n) is 15.5. The number of fused-ring (bicyclic) bond motifs is 1. The molecule has 0 aliphatic carbocycles. The number of hydrogen-bond donors (Lipinski definition) is 0. The van der Waals surface area contributed by atoms with Gasteiger partial charge in [-0.2, -0.15) is 5.10 Å². The molecule has 0 fully saturated rings. The third kappa shape index (κ3) is 3.20. The SMILES string of the molecule is CCn1nc(-c2ccc(N(C)C)nc2)nc1CN1CCn2ccnc2C1. The average Bonchev–Trinajstić information content (AvgIpc) is 3.28. The van der Waals surface area contributed by atoms with Gasteiger partial charge in [0.1, 0.15) is 17.5 Å². The second-order valence-corrected chi connectivity index (χ2v) is 6.71. The Morgan fingerprint density at radius 1 is 1.15 bits per heavy atom. The molecule has 3 aromatic heterocycles. The highest BCUT2D eigenvalue weighted by Crippen LogP contribution is 2.19. The fourth-order valence-electron chi connectivity index (χ4n) is 3.21. The summed E-state index contributed by atoms with van der Waals surface area (Å²) in [4.78, 5) is 18.0. The maximum Gasteiger partial charge on any atom is 0.182 e. The Hall–Kier alpha value is -2.74. The van der Waals surface area contributed by atoms with Gasteiger partial charge in [0, 0.05) is 57.9 Å². The minimum Gasteiger partial charge on any atom is -0.363 e. The lowest BCUT2D eigenvalue weighted by Crippen LogP contribution is -2.34. The van der Waals surface area contributed by atoms with Crippen molar-refractivity contribution in [1.82, 2.24) is 34.2 Å². The van der Waals surface area contributed by atoms with Gasteiger partial charge in [-0.25, -0.2) is 19.6 Å². The zero-order chi connectivity index (χ0) is 18.1. The summed E-state index contributed by atoms with van der Waals surface area (Å²) in [5.74, 6) is 3.76. The lowest BCUT2D eigenvalue weighted by molar-refractivity contribution is 0.200. The van der Waals surface area contributed by atoms with Gasteiger partial charge in [0.15, 0.2) is 5.82 Å². The van der Waals surface area contributed by atoms with Crippen LogP contribution in [0.2, 0.25) is 0 Å². The normalized spacial score (nSPS) is 14.4. The number of aromatic nitrogens is 6. The molecule has 4 heterocycles. The summed E-state index contributed by atoms with van der Waals surface area (Å²) in [6, 6.07) is 4.02. The summed E-state index contributed by atoms with van der Waals surface area (Å²) in [7, 11) is 3.96. The zero-order valence-corrected chi connectivity index (χ0v) is 15.5. The molecular weight excluding hydrogens is 328 g/mol. The van der Waals surface area contributed by atoms with E-state index in [1.54, 1.807) is 0 Å². The van der Waals surface area contributed by atoms with Crippen LogP contribution in [0, 0.1) is 0 Å². The van der Waals surface area contributed by atoms with Gasteiger partial charge in [0.25, 0.3) is 0 Å². The molecule has 0 amide bonds. The maximum atomic E-state index is 4.79. The molecule has 0 N–H and O–H groups in total. The molecule has 0 spiro atoms. The molecule has 1 aliphatic rings. The van der Waals surface area contributed by atoms with Crippen LogP contribution in [0.3, 0.4) is 0 Å². The highest BCUT2D eigenvalue weighted by Gasteiger charge is 2.20. The van der Waals surface area contributed by atoms with Crippen molar-refractivity contribution < 1.29 is 0 Å². The van der Waals surface area contributed by atoms with Crippen LogP contribution in [0.4, 0.5) is 5.82 Å². The van der Waals surface area contributed by atoms with Crippen LogP contribution in [0.15, 0.2) is 30.7 Å². The van der Waals surface area contributed by atoms with E-state index in [0.717, 1.165) is 61.6 Å². The highest BCUT2D eigenvalue weighted by atomic mass is 15.4. The van der Waals surface area contributed by atoms with Crippen molar-refractivity contribution in [2.45, 2.75) is 33.1 Å². The Balaban J connectivity index is 1.54. The first-order chi connectivity index (χ1) is 12.6. The third-order valence-corrected chi connectivity index (χ3v) is 4.70. The Morgan fingerprint density at radius 3 is 2.77 bits per heavy atom. The lowest BCUT2D eigenvalue weighted by atomic mass is 10.2. The molecule has 4 rings (SSSR count). The first kappa shape index (κ1) is 16.7. The minimum absolute atomic E-state index is 0.734. The van der Waals surface area contributed by atoms with Crippen LogP contribution in [0.25, 0.3) is 11.4 Å². The van der Waals surface area contributed by atoms with E-state index in [1.165, 1.54) is 0 Å². The van der Waals surface area contributed by atoms with E-state index in [1.807, 2.05) is 54.4 Å². The van der Waals surface area contributed by atoms with Gasteiger partial charge < -0.3 is 9.47 Å². The minimum atomic E-state index is 0.734.